The molecular weight excluding hydrogens is 322 g/mol. The Kier molecular flexibility index (Phi) is 4.69. The number of aromatic nitrogens is 4. The highest BCUT2D eigenvalue weighted by Crippen LogP contribution is 2.15. The van der Waals surface area contributed by atoms with Crippen LogP contribution in [0.3, 0.4) is 0 Å². The van der Waals surface area contributed by atoms with E-state index in [0.717, 1.165) is 29.9 Å². The molecule has 0 unspecified atom stereocenters. The van der Waals surface area contributed by atoms with Crippen LogP contribution in [0.2, 0.25) is 0 Å². The third-order valence-electron chi connectivity index (χ3n) is 4.13. The monoisotopic (exact) mass is 341 g/mol. The molecule has 0 aliphatic rings. The van der Waals surface area contributed by atoms with Gasteiger partial charge in [-0.3, -0.25) is 0 Å². The van der Waals surface area contributed by atoms with Crippen molar-refractivity contribution in [1.29, 1.82) is 0 Å². The van der Waals surface area contributed by atoms with E-state index in [1.54, 1.807) is 6.33 Å². The van der Waals surface area contributed by atoms with E-state index in [-0.39, 0.29) is 0 Å². The Labute approximate surface area is 152 Å². The van der Waals surface area contributed by atoms with Gasteiger partial charge >= 0.3 is 0 Å². The Hall–Kier alpha value is -3.47. The predicted molar refractivity (Wildman–Crippen MR) is 103 cm³/mol. The Morgan fingerprint density at radius 1 is 0.846 bits per heavy atom. The number of benzene rings is 2. The quantitative estimate of drug-likeness (QED) is 0.582. The molecule has 1 N–H and O–H groups in total. The molecule has 0 fully saturated rings. The molecule has 2 aromatic carbocycles. The standard InChI is InChI=1S/C21H19N5/c1-3-7-17(8-4-1)13-22-12-11-19-20-21(24-15-23-19)26(16-25-20)14-18-9-5-2-6-10-18/h1-12,15-16,22H,13-14H2/b12-11-. The first kappa shape index (κ1) is 16.0. The highest BCUT2D eigenvalue weighted by Gasteiger charge is 2.08. The molecule has 128 valence electrons. The lowest BCUT2D eigenvalue weighted by molar-refractivity contribution is 0.813. The van der Waals surface area contributed by atoms with Gasteiger partial charge in [0.2, 0.25) is 0 Å². The summed E-state index contributed by atoms with van der Waals surface area (Å²) >= 11 is 0. The molecule has 0 bridgehead atoms. The van der Waals surface area contributed by atoms with Crippen molar-refractivity contribution in [3.05, 3.63) is 96.3 Å². The lowest BCUT2D eigenvalue weighted by Gasteiger charge is -2.04. The third kappa shape index (κ3) is 3.62. The van der Waals surface area contributed by atoms with Crippen molar-refractivity contribution in [3.63, 3.8) is 0 Å². The molecule has 4 aromatic rings. The van der Waals surface area contributed by atoms with Crippen LogP contribution in [0, 0.1) is 0 Å². The van der Waals surface area contributed by atoms with Gasteiger partial charge in [-0.25, -0.2) is 15.0 Å². The van der Waals surface area contributed by atoms with Crippen LogP contribution in [0.1, 0.15) is 16.8 Å². The zero-order valence-corrected chi connectivity index (χ0v) is 14.3. The second-order valence-corrected chi connectivity index (χ2v) is 5.99. The smallest absolute Gasteiger partial charge is 0.164 e. The molecule has 0 aliphatic carbocycles. The molecule has 0 radical (unpaired) electrons. The van der Waals surface area contributed by atoms with Crippen LogP contribution >= 0.6 is 0 Å². The third-order valence-corrected chi connectivity index (χ3v) is 4.13. The number of imidazole rings is 1. The first-order valence-electron chi connectivity index (χ1n) is 8.54. The second kappa shape index (κ2) is 7.61. The van der Waals surface area contributed by atoms with Gasteiger partial charge in [-0.1, -0.05) is 60.7 Å². The fourth-order valence-corrected chi connectivity index (χ4v) is 2.83. The molecule has 0 saturated heterocycles. The maximum atomic E-state index is 4.51. The van der Waals surface area contributed by atoms with Crippen molar-refractivity contribution in [2.75, 3.05) is 0 Å². The van der Waals surface area contributed by atoms with Gasteiger partial charge in [0.15, 0.2) is 5.65 Å². The predicted octanol–water partition coefficient (Wildman–Crippen LogP) is 3.64. The summed E-state index contributed by atoms with van der Waals surface area (Å²) in [6.45, 7) is 1.51. The van der Waals surface area contributed by atoms with Gasteiger partial charge in [0.05, 0.1) is 18.6 Å². The lowest BCUT2D eigenvalue weighted by atomic mass is 10.2. The van der Waals surface area contributed by atoms with Gasteiger partial charge in [0.1, 0.15) is 11.8 Å². The fourth-order valence-electron chi connectivity index (χ4n) is 2.83. The van der Waals surface area contributed by atoms with Crippen molar-refractivity contribution in [2.45, 2.75) is 13.1 Å². The van der Waals surface area contributed by atoms with Crippen LogP contribution in [0.15, 0.2) is 79.5 Å². The summed E-state index contributed by atoms with van der Waals surface area (Å²) in [6.07, 6.45) is 7.25. The number of hydrogen-bond acceptors (Lipinski definition) is 4. The van der Waals surface area contributed by atoms with Gasteiger partial charge in [0.25, 0.3) is 0 Å². The van der Waals surface area contributed by atoms with Crippen LogP contribution in [-0.4, -0.2) is 19.5 Å². The molecule has 2 aromatic heterocycles. The Morgan fingerprint density at radius 3 is 2.35 bits per heavy atom. The minimum Gasteiger partial charge on any atom is -0.387 e. The summed E-state index contributed by atoms with van der Waals surface area (Å²) < 4.78 is 2.04. The highest BCUT2D eigenvalue weighted by molar-refractivity contribution is 5.79. The zero-order chi connectivity index (χ0) is 17.6. The van der Waals surface area contributed by atoms with Crippen molar-refractivity contribution in [2.24, 2.45) is 0 Å². The molecule has 5 heteroatoms. The van der Waals surface area contributed by atoms with Gasteiger partial charge in [0, 0.05) is 6.54 Å². The highest BCUT2D eigenvalue weighted by atomic mass is 15.1. The van der Waals surface area contributed by atoms with E-state index in [4.69, 9.17) is 0 Å². The summed E-state index contributed by atoms with van der Waals surface area (Å²) in [4.78, 5) is 13.3. The number of nitrogens with one attached hydrogen (secondary N) is 1. The van der Waals surface area contributed by atoms with Gasteiger partial charge < -0.3 is 9.88 Å². The van der Waals surface area contributed by atoms with Crippen molar-refractivity contribution in [1.82, 2.24) is 24.8 Å². The van der Waals surface area contributed by atoms with Gasteiger partial charge in [-0.05, 0) is 23.4 Å². The summed E-state index contributed by atoms with van der Waals surface area (Å²) in [5.74, 6) is 0. The van der Waals surface area contributed by atoms with Crippen LogP contribution in [0.4, 0.5) is 0 Å². The van der Waals surface area contributed by atoms with E-state index < -0.39 is 0 Å². The molecule has 26 heavy (non-hydrogen) atoms. The zero-order valence-electron chi connectivity index (χ0n) is 14.3. The first-order valence-corrected chi connectivity index (χ1v) is 8.54. The van der Waals surface area contributed by atoms with E-state index in [2.05, 4.69) is 44.5 Å². The molecule has 0 spiro atoms. The largest absolute Gasteiger partial charge is 0.387 e. The SMILES string of the molecule is C(=C/c1ncnc2c1ncn2Cc1ccccc1)/NCc1ccccc1. The Morgan fingerprint density at radius 2 is 1.58 bits per heavy atom. The first-order chi connectivity index (χ1) is 12.9. The van der Waals surface area contributed by atoms with E-state index in [9.17, 15) is 0 Å². The average Bonchev–Trinajstić information content (AvgIpc) is 3.10. The molecule has 0 amide bonds. The number of fused-ring (bicyclic) bond motifs is 1. The Bertz CT molecular complexity index is 1010. The topological polar surface area (TPSA) is 55.6 Å². The van der Waals surface area contributed by atoms with Gasteiger partial charge in [-0.2, -0.15) is 0 Å². The van der Waals surface area contributed by atoms with Gasteiger partial charge in [-0.15, -0.1) is 0 Å². The second-order valence-electron chi connectivity index (χ2n) is 5.99. The molecular formula is C21H19N5. The summed E-state index contributed by atoms with van der Waals surface area (Å²) in [5.41, 5.74) is 4.90. The number of nitrogens with zero attached hydrogens (tertiary/aromatic N) is 4. The number of hydrogen-bond donors (Lipinski definition) is 1. The van der Waals surface area contributed by atoms with E-state index in [1.165, 1.54) is 11.1 Å². The normalized spacial score (nSPS) is 11.2. The minimum atomic E-state index is 0.740. The molecule has 0 aliphatic heterocycles. The summed E-state index contributed by atoms with van der Waals surface area (Å²) in [7, 11) is 0. The maximum absolute atomic E-state index is 4.51. The number of rotatable bonds is 6. The lowest BCUT2D eigenvalue weighted by Crippen LogP contribution is -2.04. The summed E-state index contributed by atoms with van der Waals surface area (Å²) in [6, 6.07) is 20.6. The van der Waals surface area contributed by atoms with E-state index in [0.29, 0.717) is 0 Å². The van der Waals surface area contributed by atoms with Crippen LogP contribution < -0.4 is 5.32 Å². The molecule has 0 saturated carbocycles. The van der Waals surface area contributed by atoms with Crippen molar-refractivity contribution in [3.8, 4) is 0 Å². The molecule has 4 rings (SSSR count). The van der Waals surface area contributed by atoms with Crippen molar-refractivity contribution < 1.29 is 0 Å². The van der Waals surface area contributed by atoms with Crippen LogP contribution in [0.5, 0.6) is 0 Å². The van der Waals surface area contributed by atoms with E-state index >= 15 is 0 Å². The molecule has 0 atom stereocenters. The average molecular weight is 341 g/mol. The maximum Gasteiger partial charge on any atom is 0.164 e. The van der Waals surface area contributed by atoms with Crippen molar-refractivity contribution >= 4 is 17.2 Å². The molecule has 2 heterocycles. The Balaban J connectivity index is 1.50. The minimum absolute atomic E-state index is 0.740. The van der Waals surface area contributed by atoms with Crippen LogP contribution in [0.25, 0.3) is 17.2 Å². The van der Waals surface area contributed by atoms with E-state index in [1.807, 2.05) is 59.6 Å². The summed E-state index contributed by atoms with van der Waals surface area (Å²) in [5, 5.41) is 3.29. The molecule has 5 nitrogen and oxygen atoms in total. The fraction of sp³-hybridized carbons (Fsp3) is 0.0952. The van der Waals surface area contributed by atoms with Crippen LogP contribution in [-0.2, 0) is 13.1 Å².